The van der Waals surface area contributed by atoms with E-state index in [4.69, 9.17) is 5.26 Å². The molecule has 0 aliphatic carbocycles. The molecule has 0 saturated carbocycles. The van der Waals surface area contributed by atoms with Gasteiger partial charge >= 0.3 is 0 Å². The third-order valence-corrected chi connectivity index (χ3v) is 2.31. The molecule has 4 heteroatoms. The second-order valence-corrected chi connectivity index (χ2v) is 3.33. The molecule has 0 fully saturated rings. The van der Waals surface area contributed by atoms with Crippen molar-refractivity contribution in [2.24, 2.45) is 0 Å². The van der Waals surface area contributed by atoms with Gasteiger partial charge in [-0.2, -0.15) is 5.26 Å². The molecule has 1 aromatic rings. The fourth-order valence-corrected chi connectivity index (χ4v) is 1.62. The minimum atomic E-state index is -2.61. The maximum absolute atomic E-state index is 12.8. The topological polar surface area (TPSA) is 40.9 Å². The number of hydrogen-bond acceptors (Lipinski definition) is 2. The predicted octanol–water partition coefficient (Wildman–Crippen LogP) is 2.82. The number of carbonyl (C=O) groups is 1. The van der Waals surface area contributed by atoms with Gasteiger partial charge in [-0.1, -0.05) is 18.2 Å². The summed E-state index contributed by atoms with van der Waals surface area (Å²) in [6.45, 7) is 0. The third kappa shape index (κ3) is 2.86. The van der Waals surface area contributed by atoms with E-state index in [-0.39, 0.29) is 18.4 Å². The quantitative estimate of drug-likeness (QED) is 0.720. The fourth-order valence-electron chi connectivity index (χ4n) is 1.62. The van der Waals surface area contributed by atoms with Crippen LogP contribution < -0.4 is 0 Å². The summed E-state index contributed by atoms with van der Waals surface area (Å²) in [5, 5.41) is 8.54. The highest BCUT2D eigenvalue weighted by Gasteiger charge is 2.16. The zero-order valence-corrected chi connectivity index (χ0v) is 8.62. The van der Waals surface area contributed by atoms with Crippen LogP contribution in [0.2, 0.25) is 0 Å². The molecule has 0 heterocycles. The van der Waals surface area contributed by atoms with E-state index >= 15 is 0 Å². The molecule has 0 spiro atoms. The summed E-state index contributed by atoms with van der Waals surface area (Å²) >= 11 is 0. The molecule has 16 heavy (non-hydrogen) atoms. The maximum atomic E-state index is 12.8. The van der Waals surface area contributed by atoms with E-state index in [2.05, 4.69) is 0 Å². The smallest absolute Gasteiger partial charge is 0.264 e. The van der Waals surface area contributed by atoms with Gasteiger partial charge in [-0.3, -0.25) is 0 Å². The first-order valence-electron chi connectivity index (χ1n) is 4.90. The van der Waals surface area contributed by atoms with E-state index < -0.39 is 6.43 Å². The van der Waals surface area contributed by atoms with Gasteiger partial charge in [0.05, 0.1) is 12.5 Å². The van der Waals surface area contributed by atoms with E-state index in [1.807, 2.05) is 6.07 Å². The van der Waals surface area contributed by atoms with Gasteiger partial charge in [0.1, 0.15) is 6.29 Å². The molecule has 0 saturated heterocycles. The van der Waals surface area contributed by atoms with E-state index in [0.29, 0.717) is 23.8 Å². The molecule has 0 bridgehead atoms. The Morgan fingerprint density at radius 1 is 1.38 bits per heavy atom. The molecule has 0 amide bonds. The summed E-state index contributed by atoms with van der Waals surface area (Å²) < 4.78 is 25.7. The monoisotopic (exact) mass is 223 g/mol. The Morgan fingerprint density at radius 2 is 2.06 bits per heavy atom. The van der Waals surface area contributed by atoms with E-state index in [0.717, 1.165) is 0 Å². The number of rotatable bonds is 5. The van der Waals surface area contributed by atoms with Crippen LogP contribution in [0.1, 0.15) is 29.5 Å². The number of nitriles is 1. The second-order valence-electron chi connectivity index (χ2n) is 3.33. The average Bonchev–Trinajstić information content (AvgIpc) is 2.26. The third-order valence-electron chi connectivity index (χ3n) is 2.31. The highest BCUT2D eigenvalue weighted by molar-refractivity contribution is 5.51. The van der Waals surface area contributed by atoms with Gasteiger partial charge in [0.2, 0.25) is 0 Å². The van der Waals surface area contributed by atoms with Crippen molar-refractivity contribution >= 4 is 6.29 Å². The summed E-state index contributed by atoms with van der Waals surface area (Å²) in [5.41, 5.74) is 0.710. The molecule has 1 aromatic carbocycles. The number of carbonyl (C=O) groups excluding carboxylic acids is 1. The molecule has 0 aliphatic rings. The Kier molecular flexibility index (Phi) is 4.59. The van der Waals surface area contributed by atoms with Crippen LogP contribution in [-0.4, -0.2) is 6.29 Å². The predicted molar refractivity (Wildman–Crippen MR) is 55.1 cm³/mol. The lowest BCUT2D eigenvalue weighted by Gasteiger charge is -2.11. The van der Waals surface area contributed by atoms with Crippen molar-refractivity contribution in [2.45, 2.75) is 25.7 Å². The molecule has 1 rings (SSSR count). The first kappa shape index (κ1) is 12.3. The van der Waals surface area contributed by atoms with Crippen molar-refractivity contribution in [3.63, 3.8) is 0 Å². The average molecular weight is 223 g/mol. The van der Waals surface area contributed by atoms with Gasteiger partial charge in [-0.05, 0) is 17.5 Å². The van der Waals surface area contributed by atoms with Crippen LogP contribution >= 0.6 is 0 Å². The van der Waals surface area contributed by atoms with Gasteiger partial charge < -0.3 is 4.79 Å². The minimum Gasteiger partial charge on any atom is -0.303 e. The van der Waals surface area contributed by atoms with Gasteiger partial charge in [0.25, 0.3) is 6.43 Å². The minimum absolute atomic E-state index is 0.0331. The molecule has 0 aromatic heterocycles. The SMILES string of the molecule is N#CCc1cccc(CCC=O)c1C(F)F. The number of aryl methyl sites for hydroxylation is 1. The number of aldehydes is 1. The van der Waals surface area contributed by atoms with Crippen molar-refractivity contribution < 1.29 is 13.6 Å². The van der Waals surface area contributed by atoms with Gasteiger partial charge in [0.15, 0.2) is 0 Å². The Bertz CT molecular complexity index is 410. The number of benzene rings is 1. The highest BCUT2D eigenvalue weighted by atomic mass is 19.3. The van der Waals surface area contributed by atoms with Crippen molar-refractivity contribution in [3.8, 4) is 6.07 Å². The van der Waals surface area contributed by atoms with E-state index in [9.17, 15) is 13.6 Å². The number of hydrogen-bond donors (Lipinski definition) is 0. The molecule has 0 N–H and O–H groups in total. The zero-order chi connectivity index (χ0) is 12.0. The summed E-state index contributed by atoms with van der Waals surface area (Å²) in [4.78, 5) is 10.2. The molecule has 0 aliphatic heterocycles. The van der Waals surface area contributed by atoms with Crippen molar-refractivity contribution in [3.05, 3.63) is 34.9 Å². The zero-order valence-electron chi connectivity index (χ0n) is 8.62. The molecule has 0 atom stereocenters. The molecule has 0 unspecified atom stereocenters. The fraction of sp³-hybridized carbons (Fsp3) is 0.333. The summed E-state index contributed by atoms with van der Waals surface area (Å²) in [6.07, 6.45) is -1.43. The van der Waals surface area contributed by atoms with Crippen molar-refractivity contribution in [1.82, 2.24) is 0 Å². The van der Waals surface area contributed by atoms with Crippen LogP contribution in [-0.2, 0) is 17.6 Å². The van der Waals surface area contributed by atoms with Crippen LogP contribution in [0.4, 0.5) is 8.78 Å². The second kappa shape index (κ2) is 5.96. The molecule has 0 radical (unpaired) electrons. The maximum Gasteiger partial charge on any atom is 0.264 e. The van der Waals surface area contributed by atoms with Crippen LogP contribution in [0.5, 0.6) is 0 Å². The first-order valence-corrected chi connectivity index (χ1v) is 4.90. The molecular formula is C12H11F2NO. The van der Waals surface area contributed by atoms with E-state index in [1.54, 1.807) is 12.1 Å². The molecule has 2 nitrogen and oxygen atoms in total. The van der Waals surface area contributed by atoms with Gasteiger partial charge in [-0.25, -0.2) is 8.78 Å². The Hall–Kier alpha value is -1.76. The number of halogens is 2. The van der Waals surface area contributed by atoms with Crippen LogP contribution in [0.25, 0.3) is 0 Å². The van der Waals surface area contributed by atoms with Gasteiger partial charge in [-0.15, -0.1) is 0 Å². The summed E-state index contributed by atoms with van der Waals surface area (Å²) in [7, 11) is 0. The lowest BCUT2D eigenvalue weighted by atomic mass is 9.96. The molecule has 84 valence electrons. The van der Waals surface area contributed by atoms with Gasteiger partial charge in [0, 0.05) is 12.0 Å². The van der Waals surface area contributed by atoms with Crippen molar-refractivity contribution in [1.29, 1.82) is 5.26 Å². The van der Waals surface area contributed by atoms with Crippen molar-refractivity contribution in [2.75, 3.05) is 0 Å². The lowest BCUT2D eigenvalue weighted by Crippen LogP contribution is -2.01. The summed E-state index contributed by atoms with van der Waals surface area (Å²) in [5.74, 6) is 0. The largest absolute Gasteiger partial charge is 0.303 e. The van der Waals surface area contributed by atoms with Crippen LogP contribution in [0, 0.1) is 11.3 Å². The first-order chi connectivity index (χ1) is 7.70. The lowest BCUT2D eigenvalue weighted by molar-refractivity contribution is -0.107. The highest BCUT2D eigenvalue weighted by Crippen LogP contribution is 2.27. The van der Waals surface area contributed by atoms with Crippen LogP contribution in [0.15, 0.2) is 18.2 Å². The summed E-state index contributed by atoms with van der Waals surface area (Å²) in [6, 6.07) is 6.60. The Balaban J connectivity index is 3.11. The Morgan fingerprint density at radius 3 is 2.62 bits per heavy atom. The van der Waals surface area contributed by atoms with Crippen LogP contribution in [0.3, 0.4) is 0 Å². The standard InChI is InChI=1S/C12H11F2NO/c13-12(14)11-9(5-2-8-16)3-1-4-10(11)6-7-15/h1,3-4,8,12H,2,5-6H2. The normalized spacial score (nSPS) is 10.1. The van der Waals surface area contributed by atoms with E-state index in [1.165, 1.54) is 6.07 Å². The number of nitrogens with zero attached hydrogens (tertiary/aromatic N) is 1. The molecular weight excluding hydrogens is 212 g/mol. The Labute approximate surface area is 92.5 Å². The number of alkyl halides is 2.